The summed E-state index contributed by atoms with van der Waals surface area (Å²) in [5.41, 5.74) is 0.637. The van der Waals surface area contributed by atoms with Gasteiger partial charge >= 0.3 is 23.7 Å². The number of nitrogens with one attached hydrogen (secondary N) is 1. The molecule has 0 aliphatic heterocycles. The minimum atomic E-state index is -1.00. The smallest absolute Gasteiger partial charge is 0.410 e. The number of hydrogen-bond donors (Lipinski definition) is 2. The van der Waals surface area contributed by atoms with Crippen LogP contribution in [-0.2, 0) is 19.1 Å². The molecular weight excluding hydrogens is 460 g/mol. The molecule has 1 aliphatic rings. The minimum Gasteiger partial charge on any atom is -0.481 e. The lowest BCUT2D eigenvalue weighted by atomic mass is 9.77. The largest absolute Gasteiger partial charge is 0.481 e. The van der Waals surface area contributed by atoms with E-state index >= 15 is 0 Å². The Morgan fingerprint density at radius 3 is 2.33 bits per heavy atom. The number of hydrogen-bond acceptors (Lipinski definition) is 5. The molecule has 0 aromatic heterocycles. The molecule has 0 bridgehead atoms. The number of carboxylic acids is 1. The first kappa shape index (κ1) is 31.5. The van der Waals surface area contributed by atoms with E-state index in [0.29, 0.717) is 30.4 Å². The van der Waals surface area contributed by atoms with Crippen molar-refractivity contribution in [3.63, 3.8) is 0 Å². The van der Waals surface area contributed by atoms with Crippen LogP contribution in [0.1, 0.15) is 98.8 Å². The topological polar surface area (TPSA) is 106 Å². The van der Waals surface area contributed by atoms with Crippen molar-refractivity contribution in [2.75, 3.05) is 6.54 Å². The Kier molecular flexibility index (Phi) is 14.9. The first-order chi connectivity index (χ1) is 17.0. The highest BCUT2D eigenvalue weighted by Gasteiger charge is 2.26. The Morgan fingerprint density at radius 2 is 1.78 bits per heavy atom. The van der Waals surface area contributed by atoms with E-state index in [4.69, 9.17) is 16.0 Å². The average molecular weight is 508 g/mol. The summed E-state index contributed by atoms with van der Waals surface area (Å²) < 4.78 is 9.98. The number of nitrogens with zero attached hydrogens (tertiary/aromatic N) is 1. The van der Waals surface area contributed by atoms with Crippen molar-refractivity contribution in [1.82, 2.24) is 5.32 Å². The van der Waals surface area contributed by atoms with Gasteiger partial charge in [0.25, 0.3) is 6.57 Å². The number of rotatable bonds is 15. The van der Waals surface area contributed by atoms with Crippen LogP contribution < -0.4 is 5.32 Å². The fraction of sp³-hybridized carbons (Fsp3) is 0.786. The van der Waals surface area contributed by atoms with Crippen LogP contribution in [0.15, 0.2) is 11.8 Å². The number of aliphatic carboxylic acids is 1. The molecule has 1 aliphatic carbocycles. The van der Waals surface area contributed by atoms with Gasteiger partial charge in [0.1, 0.15) is 0 Å². The van der Waals surface area contributed by atoms with Crippen LogP contribution in [0.2, 0.25) is 0 Å². The van der Waals surface area contributed by atoms with Gasteiger partial charge in [0.15, 0.2) is 0 Å². The zero-order chi connectivity index (χ0) is 27.1. The Hall–Kier alpha value is -2.56. The van der Waals surface area contributed by atoms with Crippen LogP contribution in [0, 0.1) is 36.2 Å². The molecule has 36 heavy (non-hydrogen) atoms. The summed E-state index contributed by atoms with van der Waals surface area (Å²) >= 11 is 0. The molecule has 1 saturated carbocycles. The molecule has 0 spiro atoms. The molecule has 0 radical (unpaired) electrons. The summed E-state index contributed by atoms with van der Waals surface area (Å²) in [6.07, 6.45) is 9.73. The lowest BCUT2D eigenvalue weighted by Crippen LogP contribution is -2.31. The van der Waals surface area contributed by atoms with Gasteiger partial charge in [-0.1, -0.05) is 59.8 Å². The monoisotopic (exact) mass is 507 g/mol. The normalized spacial score (nSPS) is 20.6. The molecule has 1 rings (SSSR count). The zero-order valence-electron chi connectivity index (χ0n) is 22.8. The highest BCUT2D eigenvalue weighted by molar-refractivity contribution is 5.72. The van der Waals surface area contributed by atoms with E-state index in [2.05, 4.69) is 30.1 Å². The Morgan fingerprint density at radius 1 is 1.11 bits per heavy atom. The van der Waals surface area contributed by atoms with E-state index in [1.54, 1.807) is 13.8 Å². The highest BCUT2D eigenvalue weighted by Crippen LogP contribution is 2.34. The SMILES string of the molecule is C#[N+]/C(=C\C(CCC)CC1CCC(C)CC1)C[C@H](CCCNC(=O)OC(C)OC(=O)C(C)C)C(=O)O. The number of carboxylic acid groups (broad SMARTS) is 1. The fourth-order valence-electron chi connectivity index (χ4n) is 4.69. The van der Waals surface area contributed by atoms with Crippen LogP contribution in [0.25, 0.3) is 4.85 Å². The third-order valence-electron chi connectivity index (χ3n) is 6.85. The van der Waals surface area contributed by atoms with Crippen LogP contribution in [0.5, 0.6) is 0 Å². The maximum absolute atomic E-state index is 11.9. The van der Waals surface area contributed by atoms with Gasteiger partial charge in [-0.2, -0.15) is 0 Å². The van der Waals surface area contributed by atoms with Gasteiger partial charge in [-0.25, -0.2) is 4.79 Å². The molecule has 1 fully saturated rings. The predicted octanol–water partition coefficient (Wildman–Crippen LogP) is 6.61. The Labute approximate surface area is 217 Å². The summed E-state index contributed by atoms with van der Waals surface area (Å²) in [4.78, 5) is 39.2. The lowest BCUT2D eigenvalue weighted by molar-refractivity contribution is -0.168. The number of allylic oxidation sites excluding steroid dienone is 2. The van der Waals surface area contributed by atoms with Crippen molar-refractivity contribution < 1.29 is 29.0 Å². The van der Waals surface area contributed by atoms with Crippen LogP contribution in [0.3, 0.4) is 0 Å². The number of esters is 1. The first-order valence-corrected chi connectivity index (χ1v) is 13.5. The molecule has 1 amide bonds. The van der Waals surface area contributed by atoms with Gasteiger partial charge in [0.05, 0.1) is 18.3 Å². The molecule has 8 heteroatoms. The van der Waals surface area contributed by atoms with Gasteiger partial charge < -0.3 is 19.9 Å². The van der Waals surface area contributed by atoms with Crippen molar-refractivity contribution >= 4 is 18.0 Å². The molecule has 2 N–H and O–H groups in total. The maximum atomic E-state index is 11.9. The number of ether oxygens (including phenoxy) is 2. The van der Waals surface area contributed by atoms with Crippen molar-refractivity contribution in [2.24, 2.45) is 29.6 Å². The van der Waals surface area contributed by atoms with E-state index in [-0.39, 0.29) is 18.9 Å². The predicted molar refractivity (Wildman–Crippen MR) is 140 cm³/mol. The molecule has 3 atom stereocenters. The van der Waals surface area contributed by atoms with Crippen molar-refractivity contribution in [2.45, 2.75) is 105 Å². The molecule has 0 aromatic rings. The van der Waals surface area contributed by atoms with E-state index in [9.17, 15) is 19.5 Å². The van der Waals surface area contributed by atoms with E-state index in [0.717, 1.165) is 25.2 Å². The number of amides is 1. The van der Waals surface area contributed by atoms with Gasteiger partial charge in [0, 0.05) is 19.5 Å². The van der Waals surface area contributed by atoms with E-state index in [1.807, 2.05) is 0 Å². The van der Waals surface area contributed by atoms with E-state index < -0.39 is 30.2 Å². The number of alkyl carbamates (subject to hydrolysis) is 1. The zero-order valence-corrected chi connectivity index (χ0v) is 22.8. The summed E-state index contributed by atoms with van der Waals surface area (Å²) in [5, 5.41) is 12.3. The van der Waals surface area contributed by atoms with Gasteiger partial charge in [-0.05, 0) is 48.3 Å². The van der Waals surface area contributed by atoms with Crippen molar-refractivity contribution in [3.05, 3.63) is 16.6 Å². The van der Waals surface area contributed by atoms with Gasteiger partial charge in [-0.3, -0.25) is 9.59 Å². The third kappa shape index (κ3) is 12.9. The first-order valence-electron chi connectivity index (χ1n) is 13.5. The van der Waals surface area contributed by atoms with Crippen LogP contribution in [0.4, 0.5) is 4.79 Å². The standard InChI is InChI=1S/C28H46N2O6/c1-7-9-23(16-22-13-11-20(4)12-14-22)17-25(29-6)18-24(26(31)32)10-8-15-30-28(34)36-21(5)35-27(33)19(2)3/h6,17,19-24H,7-16,18H2,1-5H3,(H-,30,31,32,34)/p+1/b25-17-/t20?,21?,22?,23?,24-/m0/s1. The van der Waals surface area contributed by atoms with Crippen LogP contribution >= 0.6 is 0 Å². The number of carbonyl (C=O) groups is 3. The highest BCUT2D eigenvalue weighted by atomic mass is 16.7. The summed E-state index contributed by atoms with van der Waals surface area (Å²) in [7, 11) is 0. The third-order valence-corrected chi connectivity index (χ3v) is 6.85. The summed E-state index contributed by atoms with van der Waals surface area (Å²) in [5.74, 6) is -0.448. The molecule has 0 aromatic carbocycles. The van der Waals surface area contributed by atoms with Crippen LogP contribution in [-0.4, -0.2) is 36.0 Å². The summed E-state index contributed by atoms with van der Waals surface area (Å²) in [6.45, 7) is 15.2. The Bertz CT molecular complexity index is 764. The van der Waals surface area contributed by atoms with Crippen molar-refractivity contribution in [3.8, 4) is 6.57 Å². The average Bonchev–Trinajstić information content (AvgIpc) is 2.81. The fourth-order valence-corrected chi connectivity index (χ4v) is 4.69. The van der Waals surface area contributed by atoms with Gasteiger partial charge in [-0.15, -0.1) is 0 Å². The number of carbonyl (C=O) groups excluding carboxylic acids is 2. The second kappa shape index (κ2) is 17.0. The van der Waals surface area contributed by atoms with Crippen molar-refractivity contribution in [1.29, 1.82) is 0 Å². The molecule has 0 heterocycles. The summed E-state index contributed by atoms with van der Waals surface area (Å²) in [6, 6.07) is 0. The quantitative estimate of drug-likeness (QED) is 0.147. The lowest BCUT2D eigenvalue weighted by Gasteiger charge is -2.28. The Balaban J connectivity index is 2.55. The molecule has 0 saturated heterocycles. The molecule has 2 unspecified atom stereocenters. The molecule has 204 valence electrons. The van der Waals surface area contributed by atoms with Gasteiger partial charge in [0.2, 0.25) is 6.29 Å². The molecule has 8 nitrogen and oxygen atoms in total. The minimum absolute atomic E-state index is 0.241. The second-order valence-electron chi connectivity index (χ2n) is 10.6. The van der Waals surface area contributed by atoms with E-state index in [1.165, 1.54) is 32.6 Å². The molecular formula is C28H47N2O6+. The second-order valence-corrected chi connectivity index (χ2v) is 10.6. The maximum Gasteiger partial charge on any atom is 0.410 e.